The summed E-state index contributed by atoms with van der Waals surface area (Å²) in [5.41, 5.74) is 2.47. The molecule has 0 unspecified atom stereocenters. The number of nitrogens with one attached hydrogen (secondary N) is 1. The van der Waals surface area contributed by atoms with Crippen LogP contribution in [-0.4, -0.2) is 18.1 Å². The number of rotatable bonds is 5. The van der Waals surface area contributed by atoms with Crippen LogP contribution in [0.15, 0.2) is 30.5 Å². The second-order valence-corrected chi connectivity index (χ2v) is 6.08. The summed E-state index contributed by atoms with van der Waals surface area (Å²) in [6, 6.07) is 8.88. The minimum absolute atomic E-state index is 0.500. The molecule has 2 rings (SSSR count). The van der Waals surface area contributed by atoms with Crippen LogP contribution in [0.3, 0.4) is 0 Å². The van der Waals surface area contributed by atoms with Crippen molar-refractivity contribution in [3.8, 4) is 0 Å². The highest BCUT2D eigenvalue weighted by Crippen LogP contribution is 2.29. The van der Waals surface area contributed by atoms with Crippen molar-refractivity contribution in [3.63, 3.8) is 0 Å². The Kier molecular flexibility index (Phi) is 4.56. The zero-order chi connectivity index (χ0) is 13.8. The van der Waals surface area contributed by atoms with Gasteiger partial charge in [-0.2, -0.15) is 0 Å². The fraction of sp³-hybridized carbons (Fsp3) is 0.400. The maximum atomic E-state index is 4.52. The monoisotopic (exact) mass is 275 g/mol. The van der Waals surface area contributed by atoms with E-state index in [1.165, 1.54) is 16.1 Å². The lowest BCUT2D eigenvalue weighted by atomic mass is 10.2. The van der Waals surface area contributed by atoms with Gasteiger partial charge in [0, 0.05) is 36.4 Å². The van der Waals surface area contributed by atoms with Gasteiger partial charge >= 0.3 is 0 Å². The van der Waals surface area contributed by atoms with Gasteiger partial charge < -0.3 is 10.2 Å². The Morgan fingerprint density at radius 2 is 2.05 bits per heavy atom. The molecule has 0 aliphatic rings. The van der Waals surface area contributed by atoms with E-state index in [2.05, 4.69) is 67.3 Å². The molecule has 1 heterocycles. The lowest BCUT2D eigenvalue weighted by Crippen LogP contribution is -2.21. The first kappa shape index (κ1) is 14.0. The molecule has 0 spiro atoms. The summed E-state index contributed by atoms with van der Waals surface area (Å²) in [5.74, 6) is 0. The lowest BCUT2D eigenvalue weighted by molar-refractivity contribution is 0.593. The Morgan fingerprint density at radius 1 is 1.32 bits per heavy atom. The van der Waals surface area contributed by atoms with Crippen LogP contribution in [-0.2, 0) is 6.54 Å². The van der Waals surface area contributed by atoms with Gasteiger partial charge in [-0.05, 0) is 18.6 Å². The number of para-hydroxylation sites is 1. The van der Waals surface area contributed by atoms with Crippen molar-refractivity contribution in [2.24, 2.45) is 0 Å². The molecular weight excluding hydrogens is 254 g/mol. The topological polar surface area (TPSA) is 28.2 Å². The van der Waals surface area contributed by atoms with Crippen LogP contribution in [0.25, 0.3) is 0 Å². The van der Waals surface area contributed by atoms with E-state index in [1.807, 2.05) is 6.20 Å². The van der Waals surface area contributed by atoms with E-state index in [-0.39, 0.29) is 0 Å². The van der Waals surface area contributed by atoms with E-state index >= 15 is 0 Å². The zero-order valence-corrected chi connectivity index (χ0v) is 12.8. The Labute approximate surface area is 119 Å². The van der Waals surface area contributed by atoms with Crippen molar-refractivity contribution >= 4 is 22.2 Å². The summed E-state index contributed by atoms with van der Waals surface area (Å²) in [7, 11) is 2.07. The Hall–Kier alpha value is -1.39. The highest BCUT2D eigenvalue weighted by Gasteiger charge is 2.10. The van der Waals surface area contributed by atoms with Crippen LogP contribution < -0.4 is 10.2 Å². The third-order valence-electron chi connectivity index (χ3n) is 2.99. The number of anilines is 2. The second-order valence-electron chi connectivity index (χ2n) is 4.99. The van der Waals surface area contributed by atoms with Crippen molar-refractivity contribution < 1.29 is 0 Å². The van der Waals surface area contributed by atoms with Crippen molar-refractivity contribution in [1.29, 1.82) is 0 Å². The summed E-state index contributed by atoms with van der Waals surface area (Å²) < 4.78 is 0. The molecule has 1 aromatic heterocycles. The molecule has 2 aromatic rings. The molecule has 0 amide bonds. The number of hydrogen-bond acceptors (Lipinski definition) is 4. The van der Waals surface area contributed by atoms with Gasteiger partial charge in [0.25, 0.3) is 0 Å². The molecule has 0 fully saturated rings. The third kappa shape index (κ3) is 3.55. The number of thiazole rings is 1. The fourth-order valence-corrected chi connectivity index (χ4v) is 2.72. The van der Waals surface area contributed by atoms with Crippen LogP contribution in [0.4, 0.5) is 10.8 Å². The van der Waals surface area contributed by atoms with E-state index in [0.29, 0.717) is 6.04 Å². The SMILES string of the molecule is Cc1ccccc1N(C)c1ncc(CNC(C)C)s1. The van der Waals surface area contributed by atoms with Gasteiger partial charge in [0.1, 0.15) is 0 Å². The van der Waals surface area contributed by atoms with Crippen LogP contribution in [0.1, 0.15) is 24.3 Å². The molecule has 4 heteroatoms. The van der Waals surface area contributed by atoms with Gasteiger partial charge in [0.05, 0.1) is 0 Å². The average molecular weight is 275 g/mol. The smallest absolute Gasteiger partial charge is 0.189 e. The van der Waals surface area contributed by atoms with Gasteiger partial charge in [-0.25, -0.2) is 4.98 Å². The summed E-state index contributed by atoms with van der Waals surface area (Å²) in [4.78, 5) is 7.94. The highest BCUT2D eigenvalue weighted by atomic mass is 32.1. The summed E-state index contributed by atoms with van der Waals surface area (Å²) >= 11 is 1.74. The summed E-state index contributed by atoms with van der Waals surface area (Å²) in [6.45, 7) is 7.32. The van der Waals surface area contributed by atoms with Crippen molar-refractivity contribution in [3.05, 3.63) is 40.9 Å². The Balaban J connectivity index is 2.12. The molecular formula is C15H21N3S. The molecule has 0 saturated heterocycles. The average Bonchev–Trinajstić information content (AvgIpc) is 2.85. The molecule has 3 nitrogen and oxygen atoms in total. The summed E-state index contributed by atoms with van der Waals surface area (Å²) in [5, 5.41) is 4.45. The maximum Gasteiger partial charge on any atom is 0.189 e. The van der Waals surface area contributed by atoms with Crippen molar-refractivity contribution in [2.75, 3.05) is 11.9 Å². The molecule has 102 valence electrons. The first-order valence-electron chi connectivity index (χ1n) is 6.55. The molecule has 19 heavy (non-hydrogen) atoms. The van der Waals surface area contributed by atoms with E-state index in [4.69, 9.17) is 0 Å². The molecule has 0 saturated carbocycles. The zero-order valence-electron chi connectivity index (χ0n) is 12.0. The van der Waals surface area contributed by atoms with Gasteiger partial charge in [0.2, 0.25) is 0 Å². The van der Waals surface area contributed by atoms with E-state index in [9.17, 15) is 0 Å². The van der Waals surface area contributed by atoms with E-state index < -0.39 is 0 Å². The van der Waals surface area contributed by atoms with Gasteiger partial charge in [0.15, 0.2) is 5.13 Å². The normalized spacial score (nSPS) is 11.0. The van der Waals surface area contributed by atoms with Crippen LogP contribution >= 0.6 is 11.3 Å². The number of hydrogen-bond donors (Lipinski definition) is 1. The molecule has 0 bridgehead atoms. The standard InChI is InChI=1S/C15H21N3S/c1-11(2)16-9-13-10-17-15(19-13)18(4)14-8-6-5-7-12(14)3/h5-8,10-11,16H,9H2,1-4H3. The predicted molar refractivity (Wildman–Crippen MR) is 83.3 cm³/mol. The lowest BCUT2D eigenvalue weighted by Gasteiger charge is -2.18. The molecule has 0 radical (unpaired) electrons. The second kappa shape index (κ2) is 6.17. The maximum absolute atomic E-state index is 4.52. The predicted octanol–water partition coefficient (Wildman–Crippen LogP) is 3.72. The largest absolute Gasteiger partial charge is 0.321 e. The molecule has 0 aliphatic heterocycles. The van der Waals surface area contributed by atoms with Crippen molar-refractivity contribution in [1.82, 2.24) is 10.3 Å². The van der Waals surface area contributed by atoms with Crippen molar-refractivity contribution in [2.45, 2.75) is 33.4 Å². The van der Waals surface area contributed by atoms with Crippen LogP contribution in [0.5, 0.6) is 0 Å². The molecule has 0 atom stereocenters. The van der Waals surface area contributed by atoms with Gasteiger partial charge in [-0.3, -0.25) is 0 Å². The third-order valence-corrected chi connectivity index (χ3v) is 4.06. The minimum Gasteiger partial charge on any atom is -0.321 e. The Morgan fingerprint density at radius 3 is 2.74 bits per heavy atom. The molecule has 1 N–H and O–H groups in total. The highest BCUT2D eigenvalue weighted by molar-refractivity contribution is 7.15. The Bertz CT molecular complexity index is 534. The first-order valence-corrected chi connectivity index (χ1v) is 7.37. The number of aromatic nitrogens is 1. The van der Waals surface area contributed by atoms with E-state index in [1.54, 1.807) is 11.3 Å². The van der Waals surface area contributed by atoms with Gasteiger partial charge in [-0.1, -0.05) is 32.0 Å². The van der Waals surface area contributed by atoms with Crippen LogP contribution in [0, 0.1) is 6.92 Å². The van der Waals surface area contributed by atoms with E-state index in [0.717, 1.165) is 11.7 Å². The first-order chi connectivity index (χ1) is 9.08. The van der Waals surface area contributed by atoms with Gasteiger partial charge in [-0.15, -0.1) is 11.3 Å². The molecule has 0 aliphatic carbocycles. The number of benzene rings is 1. The summed E-state index contributed by atoms with van der Waals surface area (Å²) in [6.07, 6.45) is 1.96. The minimum atomic E-state index is 0.500. The number of aryl methyl sites for hydroxylation is 1. The van der Waals surface area contributed by atoms with Crippen LogP contribution in [0.2, 0.25) is 0 Å². The molecule has 1 aromatic carbocycles. The number of nitrogens with zero attached hydrogens (tertiary/aromatic N) is 2. The quantitative estimate of drug-likeness (QED) is 0.901. The fourth-order valence-electron chi connectivity index (χ4n) is 1.88.